The molecule has 0 aromatic carbocycles. The van der Waals surface area contributed by atoms with Crippen LogP contribution in [-0.4, -0.2) is 0 Å². The highest BCUT2D eigenvalue weighted by molar-refractivity contribution is 4.61. The van der Waals surface area contributed by atoms with Crippen molar-refractivity contribution in [2.45, 2.75) is 176 Å². The summed E-state index contributed by atoms with van der Waals surface area (Å²) in [6.45, 7) is 14.5. The van der Waals surface area contributed by atoms with Crippen LogP contribution in [0.1, 0.15) is 176 Å². The number of hydrogen-bond donors (Lipinski definition) is 0. The predicted octanol–water partition coefficient (Wildman–Crippen LogP) is 11.8. The number of rotatable bonds is 24. The van der Waals surface area contributed by atoms with E-state index < -0.39 is 0 Å². The van der Waals surface area contributed by atoms with Crippen LogP contribution in [0.15, 0.2) is 0 Å². The molecule has 4 unspecified atom stereocenters. The van der Waals surface area contributed by atoms with E-state index in [1.165, 1.54) is 135 Å². The van der Waals surface area contributed by atoms with E-state index in [1.807, 2.05) is 0 Å². The van der Waals surface area contributed by atoms with Gasteiger partial charge in [-0.05, 0) is 23.7 Å². The number of hydrogen-bond acceptors (Lipinski definition) is 0. The van der Waals surface area contributed by atoms with Crippen LogP contribution in [0.5, 0.6) is 0 Å². The molecule has 0 N–H and O–H groups in total. The minimum absolute atomic E-state index is 0.930. The fourth-order valence-electron chi connectivity index (χ4n) is 5.06. The molecule has 0 fully saturated rings. The third-order valence-corrected chi connectivity index (χ3v) is 7.93. The van der Waals surface area contributed by atoms with E-state index in [-0.39, 0.29) is 0 Å². The summed E-state index contributed by atoms with van der Waals surface area (Å²) >= 11 is 0. The molecule has 0 radical (unpaired) electrons. The second kappa shape index (κ2) is 23.2. The van der Waals surface area contributed by atoms with Gasteiger partial charge in [0.2, 0.25) is 0 Å². The fraction of sp³-hybridized carbons (Fsp3) is 1.00. The highest BCUT2D eigenvalue weighted by Crippen LogP contribution is 2.24. The standard InChI is InChI=1S/C31H64/c1-7-9-10-11-12-13-14-15-16-17-21-29(4)24-19-25-31(6)27-20-26-30(5)23-18-22-28(3)8-2/h28-31H,7-27H2,1-6H3. The zero-order chi connectivity index (χ0) is 23.2. The van der Waals surface area contributed by atoms with Crippen molar-refractivity contribution < 1.29 is 0 Å². The van der Waals surface area contributed by atoms with Gasteiger partial charge >= 0.3 is 0 Å². The smallest absolute Gasteiger partial charge is 0.0443 e. The van der Waals surface area contributed by atoms with Crippen molar-refractivity contribution in [1.29, 1.82) is 0 Å². The van der Waals surface area contributed by atoms with E-state index in [1.54, 1.807) is 0 Å². The molecule has 31 heavy (non-hydrogen) atoms. The Morgan fingerprint density at radius 3 is 0.968 bits per heavy atom. The SMILES string of the molecule is CCCCCCCCCCCCC(C)CCCC(C)CCCC(C)CCCC(C)CC. The van der Waals surface area contributed by atoms with Crippen LogP contribution >= 0.6 is 0 Å². The van der Waals surface area contributed by atoms with Gasteiger partial charge in [-0.1, -0.05) is 176 Å². The molecule has 0 amide bonds. The minimum Gasteiger partial charge on any atom is -0.0654 e. The lowest BCUT2D eigenvalue weighted by atomic mass is 9.90. The fourth-order valence-corrected chi connectivity index (χ4v) is 5.06. The molecular formula is C31H64. The molecule has 0 heteroatoms. The first-order valence-electron chi connectivity index (χ1n) is 15.0. The lowest BCUT2D eigenvalue weighted by Gasteiger charge is -2.16. The van der Waals surface area contributed by atoms with E-state index >= 15 is 0 Å². The van der Waals surface area contributed by atoms with Gasteiger partial charge in [0.25, 0.3) is 0 Å². The first-order valence-corrected chi connectivity index (χ1v) is 15.0. The van der Waals surface area contributed by atoms with Crippen molar-refractivity contribution in [2.75, 3.05) is 0 Å². The molecular weight excluding hydrogens is 372 g/mol. The molecule has 0 aliphatic rings. The van der Waals surface area contributed by atoms with Gasteiger partial charge in [0.05, 0.1) is 0 Å². The molecule has 0 aromatic heterocycles. The first kappa shape index (κ1) is 31.0. The van der Waals surface area contributed by atoms with Gasteiger partial charge in [-0.15, -0.1) is 0 Å². The van der Waals surface area contributed by atoms with E-state index in [9.17, 15) is 0 Å². The van der Waals surface area contributed by atoms with Crippen molar-refractivity contribution in [2.24, 2.45) is 23.7 Å². The van der Waals surface area contributed by atoms with Crippen LogP contribution in [-0.2, 0) is 0 Å². The lowest BCUT2D eigenvalue weighted by molar-refractivity contribution is 0.368. The van der Waals surface area contributed by atoms with Crippen molar-refractivity contribution in [3.63, 3.8) is 0 Å². The topological polar surface area (TPSA) is 0 Å². The summed E-state index contributed by atoms with van der Waals surface area (Å²) < 4.78 is 0. The van der Waals surface area contributed by atoms with Crippen molar-refractivity contribution >= 4 is 0 Å². The molecule has 0 bridgehead atoms. The summed E-state index contributed by atoms with van der Waals surface area (Å²) in [4.78, 5) is 0. The molecule has 0 saturated heterocycles. The van der Waals surface area contributed by atoms with Gasteiger partial charge in [-0.3, -0.25) is 0 Å². The van der Waals surface area contributed by atoms with E-state index in [4.69, 9.17) is 0 Å². The lowest BCUT2D eigenvalue weighted by Crippen LogP contribution is -2.02. The van der Waals surface area contributed by atoms with Crippen molar-refractivity contribution in [3.8, 4) is 0 Å². The van der Waals surface area contributed by atoms with E-state index in [0.717, 1.165) is 23.7 Å². The quantitative estimate of drug-likeness (QED) is 0.132. The molecule has 0 nitrogen and oxygen atoms in total. The molecule has 0 aliphatic heterocycles. The number of unbranched alkanes of at least 4 members (excludes halogenated alkanes) is 9. The Morgan fingerprint density at radius 2 is 0.613 bits per heavy atom. The van der Waals surface area contributed by atoms with Crippen LogP contribution in [0, 0.1) is 23.7 Å². The summed E-state index contributed by atoms with van der Waals surface area (Å²) in [7, 11) is 0. The van der Waals surface area contributed by atoms with Gasteiger partial charge in [-0.2, -0.15) is 0 Å². The van der Waals surface area contributed by atoms with Crippen molar-refractivity contribution in [3.05, 3.63) is 0 Å². The third-order valence-electron chi connectivity index (χ3n) is 7.93. The zero-order valence-electron chi connectivity index (χ0n) is 23.2. The van der Waals surface area contributed by atoms with Gasteiger partial charge in [0.1, 0.15) is 0 Å². The third kappa shape index (κ3) is 23.0. The monoisotopic (exact) mass is 437 g/mol. The Balaban J connectivity index is 3.43. The van der Waals surface area contributed by atoms with E-state index in [0.29, 0.717) is 0 Å². The maximum absolute atomic E-state index is 2.50. The molecule has 0 spiro atoms. The van der Waals surface area contributed by atoms with Gasteiger partial charge in [0.15, 0.2) is 0 Å². The molecule has 4 atom stereocenters. The maximum Gasteiger partial charge on any atom is -0.0443 e. The summed E-state index contributed by atoms with van der Waals surface area (Å²) in [6, 6.07) is 0. The second-order valence-corrected chi connectivity index (χ2v) is 11.6. The van der Waals surface area contributed by atoms with Crippen LogP contribution in [0.2, 0.25) is 0 Å². The zero-order valence-corrected chi connectivity index (χ0v) is 23.2. The summed E-state index contributed by atoms with van der Waals surface area (Å²) in [6.07, 6.45) is 30.5. The first-order chi connectivity index (χ1) is 15.0. The minimum atomic E-state index is 0.930. The van der Waals surface area contributed by atoms with Gasteiger partial charge < -0.3 is 0 Å². The van der Waals surface area contributed by atoms with Gasteiger partial charge in [0, 0.05) is 0 Å². The Morgan fingerprint density at radius 1 is 0.323 bits per heavy atom. The Hall–Kier alpha value is 0. The molecule has 188 valence electrons. The molecule has 0 aliphatic carbocycles. The van der Waals surface area contributed by atoms with E-state index in [2.05, 4.69) is 41.5 Å². The van der Waals surface area contributed by atoms with Gasteiger partial charge in [-0.25, -0.2) is 0 Å². The molecule has 0 saturated carbocycles. The molecule has 0 rings (SSSR count). The summed E-state index contributed by atoms with van der Waals surface area (Å²) in [5.74, 6) is 3.76. The van der Waals surface area contributed by atoms with Crippen LogP contribution in [0.3, 0.4) is 0 Å². The van der Waals surface area contributed by atoms with Crippen LogP contribution in [0.4, 0.5) is 0 Å². The molecule has 0 heterocycles. The van der Waals surface area contributed by atoms with Crippen LogP contribution < -0.4 is 0 Å². The molecule has 0 aromatic rings. The Bertz CT molecular complexity index is 333. The summed E-state index contributed by atoms with van der Waals surface area (Å²) in [5.41, 5.74) is 0. The highest BCUT2D eigenvalue weighted by atomic mass is 14.1. The largest absolute Gasteiger partial charge is 0.0654 e. The predicted molar refractivity (Wildman–Crippen MR) is 145 cm³/mol. The average molecular weight is 437 g/mol. The average Bonchev–Trinajstić information content (AvgIpc) is 2.74. The Labute approximate surface area is 200 Å². The van der Waals surface area contributed by atoms with Crippen molar-refractivity contribution in [1.82, 2.24) is 0 Å². The Kier molecular flexibility index (Phi) is 23.2. The normalized spacial score (nSPS) is 15.7. The summed E-state index contributed by atoms with van der Waals surface area (Å²) in [5, 5.41) is 0. The highest BCUT2D eigenvalue weighted by Gasteiger charge is 2.08. The maximum atomic E-state index is 2.50. The second-order valence-electron chi connectivity index (χ2n) is 11.6. The van der Waals surface area contributed by atoms with Crippen LogP contribution in [0.25, 0.3) is 0 Å².